The molecule has 1 saturated carbocycles. The summed E-state index contributed by atoms with van der Waals surface area (Å²) in [6.07, 6.45) is 8.08. The molecule has 14 heavy (non-hydrogen) atoms. The molecule has 0 saturated heterocycles. The minimum atomic E-state index is 0.858. The molecule has 0 aromatic carbocycles. The van der Waals surface area contributed by atoms with E-state index in [2.05, 4.69) is 18.9 Å². The van der Waals surface area contributed by atoms with Crippen LogP contribution in [0, 0.1) is 5.92 Å². The SMILES string of the molecule is CCC(CCN)CCCN(C)C1CC1. The van der Waals surface area contributed by atoms with E-state index < -0.39 is 0 Å². The fourth-order valence-electron chi connectivity index (χ4n) is 2.12. The summed E-state index contributed by atoms with van der Waals surface area (Å²) >= 11 is 0. The van der Waals surface area contributed by atoms with Crippen molar-refractivity contribution in [3.8, 4) is 0 Å². The molecule has 0 heterocycles. The largest absolute Gasteiger partial charge is 0.330 e. The summed E-state index contributed by atoms with van der Waals surface area (Å²) in [6.45, 7) is 4.42. The Morgan fingerprint density at radius 2 is 2.07 bits per heavy atom. The zero-order valence-corrected chi connectivity index (χ0v) is 9.84. The first-order chi connectivity index (χ1) is 6.77. The summed E-state index contributed by atoms with van der Waals surface area (Å²) in [5, 5.41) is 0. The van der Waals surface area contributed by atoms with Crippen molar-refractivity contribution in [3.05, 3.63) is 0 Å². The van der Waals surface area contributed by atoms with Crippen LogP contribution in [0.2, 0.25) is 0 Å². The van der Waals surface area contributed by atoms with Gasteiger partial charge in [-0.3, -0.25) is 0 Å². The van der Waals surface area contributed by atoms with Crippen LogP contribution in [0.15, 0.2) is 0 Å². The molecule has 2 heteroatoms. The van der Waals surface area contributed by atoms with E-state index in [1.165, 1.54) is 45.1 Å². The van der Waals surface area contributed by atoms with Gasteiger partial charge in [-0.05, 0) is 58.2 Å². The van der Waals surface area contributed by atoms with E-state index in [0.717, 1.165) is 18.5 Å². The number of nitrogens with zero attached hydrogens (tertiary/aromatic N) is 1. The Morgan fingerprint density at radius 1 is 1.36 bits per heavy atom. The van der Waals surface area contributed by atoms with Crippen LogP contribution in [0.4, 0.5) is 0 Å². The standard InChI is InChI=1S/C12H26N2/c1-3-11(8-9-13)5-4-10-14(2)12-6-7-12/h11-12H,3-10,13H2,1-2H3. The molecule has 1 fully saturated rings. The molecule has 0 aromatic rings. The minimum Gasteiger partial charge on any atom is -0.330 e. The molecule has 0 aliphatic heterocycles. The highest BCUT2D eigenvalue weighted by molar-refractivity contribution is 4.82. The molecule has 2 N–H and O–H groups in total. The van der Waals surface area contributed by atoms with Crippen LogP contribution < -0.4 is 5.73 Å². The fourth-order valence-corrected chi connectivity index (χ4v) is 2.12. The molecule has 1 atom stereocenters. The van der Waals surface area contributed by atoms with Crippen LogP contribution >= 0.6 is 0 Å². The van der Waals surface area contributed by atoms with Crippen molar-refractivity contribution in [2.75, 3.05) is 20.1 Å². The Bertz CT molecular complexity index is 143. The van der Waals surface area contributed by atoms with Crippen molar-refractivity contribution in [3.63, 3.8) is 0 Å². The van der Waals surface area contributed by atoms with Crippen molar-refractivity contribution in [2.45, 2.75) is 51.5 Å². The molecule has 0 aromatic heterocycles. The van der Waals surface area contributed by atoms with Gasteiger partial charge in [-0.1, -0.05) is 13.3 Å². The molecular formula is C12H26N2. The molecule has 1 rings (SSSR count). The van der Waals surface area contributed by atoms with Crippen LogP contribution in [0.1, 0.15) is 45.4 Å². The molecule has 0 radical (unpaired) electrons. The Kier molecular flexibility index (Phi) is 5.49. The summed E-state index contributed by atoms with van der Waals surface area (Å²) in [7, 11) is 2.27. The first-order valence-corrected chi connectivity index (χ1v) is 6.18. The smallest absolute Gasteiger partial charge is 0.00933 e. The molecule has 1 aliphatic rings. The monoisotopic (exact) mass is 198 g/mol. The molecule has 2 nitrogen and oxygen atoms in total. The van der Waals surface area contributed by atoms with E-state index in [4.69, 9.17) is 5.73 Å². The van der Waals surface area contributed by atoms with E-state index in [9.17, 15) is 0 Å². The number of hydrogen-bond donors (Lipinski definition) is 1. The van der Waals surface area contributed by atoms with Crippen molar-refractivity contribution in [1.29, 1.82) is 0 Å². The van der Waals surface area contributed by atoms with Crippen molar-refractivity contribution < 1.29 is 0 Å². The molecule has 1 aliphatic carbocycles. The van der Waals surface area contributed by atoms with E-state index in [1.807, 2.05) is 0 Å². The zero-order chi connectivity index (χ0) is 10.4. The highest BCUT2D eigenvalue weighted by atomic mass is 15.1. The van der Waals surface area contributed by atoms with Gasteiger partial charge in [-0.15, -0.1) is 0 Å². The molecule has 0 amide bonds. The van der Waals surface area contributed by atoms with Crippen molar-refractivity contribution >= 4 is 0 Å². The Labute approximate surface area is 88.8 Å². The normalized spacial score (nSPS) is 18.9. The second kappa shape index (κ2) is 6.41. The van der Waals surface area contributed by atoms with Crippen LogP contribution in [-0.4, -0.2) is 31.1 Å². The predicted molar refractivity (Wildman–Crippen MR) is 62.3 cm³/mol. The first kappa shape index (κ1) is 12.0. The lowest BCUT2D eigenvalue weighted by Crippen LogP contribution is -2.22. The van der Waals surface area contributed by atoms with Gasteiger partial charge in [0.25, 0.3) is 0 Å². The quantitative estimate of drug-likeness (QED) is 0.648. The van der Waals surface area contributed by atoms with Crippen LogP contribution in [0.5, 0.6) is 0 Å². The minimum absolute atomic E-state index is 0.858. The predicted octanol–water partition coefficient (Wildman–Crippen LogP) is 2.24. The van der Waals surface area contributed by atoms with Gasteiger partial charge in [0.05, 0.1) is 0 Å². The number of hydrogen-bond acceptors (Lipinski definition) is 2. The molecule has 0 spiro atoms. The lowest BCUT2D eigenvalue weighted by atomic mass is 9.97. The first-order valence-electron chi connectivity index (χ1n) is 6.18. The van der Waals surface area contributed by atoms with Crippen LogP contribution in [0.25, 0.3) is 0 Å². The lowest BCUT2D eigenvalue weighted by molar-refractivity contribution is 0.298. The second-order valence-corrected chi connectivity index (χ2v) is 4.71. The molecule has 0 bridgehead atoms. The van der Waals surface area contributed by atoms with Crippen molar-refractivity contribution in [2.24, 2.45) is 11.7 Å². The molecule has 84 valence electrons. The molecule has 1 unspecified atom stereocenters. The third-order valence-electron chi connectivity index (χ3n) is 3.45. The maximum atomic E-state index is 5.58. The van der Waals surface area contributed by atoms with Gasteiger partial charge >= 0.3 is 0 Å². The van der Waals surface area contributed by atoms with Gasteiger partial charge in [0.1, 0.15) is 0 Å². The van der Waals surface area contributed by atoms with Crippen LogP contribution in [0.3, 0.4) is 0 Å². The Hall–Kier alpha value is -0.0800. The summed E-state index contributed by atoms with van der Waals surface area (Å²) in [4.78, 5) is 2.52. The Morgan fingerprint density at radius 3 is 2.57 bits per heavy atom. The van der Waals surface area contributed by atoms with E-state index in [1.54, 1.807) is 0 Å². The van der Waals surface area contributed by atoms with Gasteiger partial charge in [0.2, 0.25) is 0 Å². The van der Waals surface area contributed by atoms with Gasteiger partial charge in [0, 0.05) is 6.04 Å². The van der Waals surface area contributed by atoms with Crippen LogP contribution in [-0.2, 0) is 0 Å². The maximum Gasteiger partial charge on any atom is 0.00933 e. The summed E-state index contributed by atoms with van der Waals surface area (Å²) in [5.74, 6) is 0.868. The molecular weight excluding hydrogens is 172 g/mol. The topological polar surface area (TPSA) is 29.3 Å². The Balaban J connectivity index is 1.99. The summed E-state index contributed by atoms with van der Waals surface area (Å²) in [5.41, 5.74) is 5.58. The number of rotatable bonds is 8. The number of nitrogens with two attached hydrogens (primary N) is 1. The highest BCUT2D eigenvalue weighted by Gasteiger charge is 2.25. The van der Waals surface area contributed by atoms with Gasteiger partial charge in [0.15, 0.2) is 0 Å². The average Bonchev–Trinajstić information content (AvgIpc) is 2.99. The highest BCUT2D eigenvalue weighted by Crippen LogP contribution is 2.26. The lowest BCUT2D eigenvalue weighted by Gasteiger charge is -2.18. The summed E-state index contributed by atoms with van der Waals surface area (Å²) < 4.78 is 0. The zero-order valence-electron chi connectivity index (χ0n) is 9.84. The van der Waals surface area contributed by atoms with E-state index >= 15 is 0 Å². The third kappa shape index (κ3) is 4.43. The van der Waals surface area contributed by atoms with Gasteiger partial charge in [-0.25, -0.2) is 0 Å². The van der Waals surface area contributed by atoms with Gasteiger partial charge < -0.3 is 10.6 Å². The summed E-state index contributed by atoms with van der Waals surface area (Å²) in [6, 6.07) is 0.921. The van der Waals surface area contributed by atoms with Crippen molar-refractivity contribution in [1.82, 2.24) is 4.90 Å². The second-order valence-electron chi connectivity index (χ2n) is 4.71. The third-order valence-corrected chi connectivity index (χ3v) is 3.45. The maximum absolute atomic E-state index is 5.58. The van der Waals surface area contributed by atoms with Gasteiger partial charge in [-0.2, -0.15) is 0 Å². The average molecular weight is 198 g/mol. The fraction of sp³-hybridized carbons (Fsp3) is 1.00. The van der Waals surface area contributed by atoms with E-state index in [0.29, 0.717) is 0 Å². The van der Waals surface area contributed by atoms with E-state index in [-0.39, 0.29) is 0 Å².